The van der Waals surface area contributed by atoms with Gasteiger partial charge in [0.15, 0.2) is 0 Å². The molecule has 7 nitrogen and oxygen atoms in total. The molecule has 1 heterocycles. The van der Waals surface area contributed by atoms with E-state index in [0.29, 0.717) is 31.6 Å². The highest BCUT2D eigenvalue weighted by atomic mass is 16.4. The average molecular weight is 241 g/mol. The molecule has 1 rings (SSSR count). The summed E-state index contributed by atoms with van der Waals surface area (Å²) < 4.78 is 0. The number of aliphatic carboxylic acids is 1. The first-order chi connectivity index (χ1) is 7.93. The van der Waals surface area contributed by atoms with E-state index in [1.165, 1.54) is 4.90 Å². The smallest absolute Gasteiger partial charge is 0.337 e. The van der Waals surface area contributed by atoms with Crippen molar-refractivity contribution in [1.29, 1.82) is 0 Å². The summed E-state index contributed by atoms with van der Waals surface area (Å²) in [6.45, 7) is 1.96. The van der Waals surface area contributed by atoms with Gasteiger partial charge in [0.2, 0.25) is 0 Å². The molecule has 0 aromatic rings. The predicted octanol–water partition coefficient (Wildman–Crippen LogP) is -0.644. The summed E-state index contributed by atoms with van der Waals surface area (Å²) in [7, 11) is 0. The van der Waals surface area contributed by atoms with Gasteiger partial charge >= 0.3 is 17.8 Å². The second-order valence-electron chi connectivity index (χ2n) is 3.86. The molecule has 1 aliphatic rings. The lowest BCUT2D eigenvalue weighted by Gasteiger charge is -2.15. The van der Waals surface area contributed by atoms with Crippen LogP contribution >= 0.6 is 0 Å². The van der Waals surface area contributed by atoms with E-state index in [1.54, 1.807) is 6.92 Å². The monoisotopic (exact) mass is 241 g/mol. The number of rotatable bonds is 6. The molecular weight excluding hydrogens is 226 g/mol. The Balaban J connectivity index is 2.28. The summed E-state index contributed by atoms with van der Waals surface area (Å²) in [6.07, 6.45) is 1.52. The van der Waals surface area contributed by atoms with Gasteiger partial charge in [0.25, 0.3) is 0 Å². The number of nitrogens with two attached hydrogens (primary N) is 1. The molecule has 94 valence electrons. The van der Waals surface area contributed by atoms with E-state index in [-0.39, 0.29) is 0 Å². The number of hydrogen-bond donors (Lipinski definition) is 2. The standard InChI is InChI=1S/C10H15N3O4/c1-6-12-8(14)9(15)13(6)5-3-2-4-7(11)10(16)17/h7H,2-5,11H2,1H3,(H,16,17)/t7-/m0/s1. The molecule has 0 spiro atoms. The van der Waals surface area contributed by atoms with Gasteiger partial charge in [-0.15, -0.1) is 0 Å². The Bertz CT molecular complexity index is 378. The molecular formula is C10H15N3O4. The van der Waals surface area contributed by atoms with Crippen LogP contribution in [0.4, 0.5) is 0 Å². The number of carboxylic acid groups (broad SMARTS) is 1. The van der Waals surface area contributed by atoms with Gasteiger partial charge in [-0.2, -0.15) is 4.99 Å². The summed E-state index contributed by atoms with van der Waals surface area (Å²) in [6, 6.07) is -0.874. The van der Waals surface area contributed by atoms with E-state index in [4.69, 9.17) is 10.8 Å². The van der Waals surface area contributed by atoms with Gasteiger partial charge < -0.3 is 10.8 Å². The lowest BCUT2D eigenvalue weighted by atomic mass is 10.1. The van der Waals surface area contributed by atoms with Gasteiger partial charge in [0.1, 0.15) is 11.9 Å². The third-order valence-corrected chi connectivity index (χ3v) is 2.55. The highest BCUT2D eigenvalue weighted by molar-refractivity contribution is 6.43. The highest BCUT2D eigenvalue weighted by Gasteiger charge is 2.29. The van der Waals surface area contributed by atoms with Crippen molar-refractivity contribution in [2.45, 2.75) is 32.2 Å². The van der Waals surface area contributed by atoms with E-state index >= 15 is 0 Å². The van der Waals surface area contributed by atoms with Gasteiger partial charge in [0, 0.05) is 6.54 Å². The number of carbonyl (C=O) groups is 3. The average Bonchev–Trinajstić information content (AvgIpc) is 2.49. The SMILES string of the molecule is CC1=NC(=O)C(=O)N1CCCC[C@H](N)C(=O)O. The second kappa shape index (κ2) is 5.53. The first-order valence-corrected chi connectivity index (χ1v) is 5.33. The summed E-state index contributed by atoms with van der Waals surface area (Å²) in [5.74, 6) is -2.01. The maximum absolute atomic E-state index is 11.3. The number of carboxylic acids is 1. The molecule has 0 saturated carbocycles. The van der Waals surface area contributed by atoms with E-state index in [0.717, 1.165) is 0 Å². The third kappa shape index (κ3) is 3.35. The molecule has 0 fully saturated rings. The van der Waals surface area contributed by atoms with Crippen molar-refractivity contribution in [2.24, 2.45) is 10.7 Å². The molecule has 0 aliphatic carbocycles. The maximum Gasteiger partial charge on any atom is 0.337 e. The summed E-state index contributed by atoms with van der Waals surface area (Å²) in [5, 5.41) is 8.56. The number of amides is 2. The largest absolute Gasteiger partial charge is 0.480 e. The molecule has 17 heavy (non-hydrogen) atoms. The number of aliphatic imine (C=N–C) groups is 1. The fourth-order valence-corrected chi connectivity index (χ4v) is 1.54. The lowest BCUT2D eigenvalue weighted by Crippen LogP contribution is -2.34. The van der Waals surface area contributed by atoms with E-state index in [1.807, 2.05) is 0 Å². The number of unbranched alkanes of at least 4 members (excludes halogenated alkanes) is 1. The van der Waals surface area contributed by atoms with E-state index in [2.05, 4.69) is 4.99 Å². The summed E-state index contributed by atoms with van der Waals surface area (Å²) in [4.78, 5) is 37.5. The minimum atomic E-state index is -1.03. The van der Waals surface area contributed by atoms with Gasteiger partial charge in [-0.05, 0) is 26.2 Å². The van der Waals surface area contributed by atoms with E-state index in [9.17, 15) is 14.4 Å². The molecule has 7 heteroatoms. The normalized spacial score (nSPS) is 17.3. The molecule has 0 aromatic carbocycles. The van der Waals surface area contributed by atoms with Crippen molar-refractivity contribution in [3.63, 3.8) is 0 Å². The Labute approximate surface area is 98.3 Å². The molecule has 3 N–H and O–H groups in total. The van der Waals surface area contributed by atoms with Crippen LogP contribution < -0.4 is 5.73 Å². The van der Waals surface area contributed by atoms with Crippen LogP contribution in [0.25, 0.3) is 0 Å². The van der Waals surface area contributed by atoms with Crippen molar-refractivity contribution in [1.82, 2.24) is 4.90 Å². The Kier molecular flexibility index (Phi) is 4.33. The lowest BCUT2D eigenvalue weighted by molar-refractivity contribution is -0.140. The highest BCUT2D eigenvalue weighted by Crippen LogP contribution is 2.08. The maximum atomic E-state index is 11.3. The Hall–Kier alpha value is -1.76. The number of hydrogen-bond acceptors (Lipinski definition) is 4. The first kappa shape index (κ1) is 13.3. The first-order valence-electron chi connectivity index (χ1n) is 5.33. The van der Waals surface area contributed by atoms with Crippen LogP contribution in [0.2, 0.25) is 0 Å². The minimum absolute atomic E-state index is 0.349. The quantitative estimate of drug-likeness (QED) is 0.474. The van der Waals surface area contributed by atoms with Crippen LogP contribution in [0.5, 0.6) is 0 Å². The number of amidine groups is 1. The van der Waals surface area contributed by atoms with Crippen LogP contribution in [0.15, 0.2) is 4.99 Å². The molecule has 0 radical (unpaired) electrons. The summed E-state index contributed by atoms with van der Waals surface area (Å²) in [5.41, 5.74) is 5.33. The van der Waals surface area contributed by atoms with Crippen LogP contribution in [0.3, 0.4) is 0 Å². The van der Waals surface area contributed by atoms with Crippen molar-refractivity contribution < 1.29 is 19.5 Å². The summed E-state index contributed by atoms with van der Waals surface area (Å²) >= 11 is 0. The predicted molar refractivity (Wildman–Crippen MR) is 59.3 cm³/mol. The minimum Gasteiger partial charge on any atom is -0.480 e. The number of carbonyl (C=O) groups excluding carboxylic acids is 2. The zero-order chi connectivity index (χ0) is 13.0. The molecule has 0 unspecified atom stereocenters. The Morgan fingerprint density at radius 2 is 2.12 bits per heavy atom. The van der Waals surface area contributed by atoms with Gasteiger partial charge in [-0.1, -0.05) is 0 Å². The fraction of sp³-hybridized carbons (Fsp3) is 0.600. The molecule has 0 aromatic heterocycles. The second-order valence-corrected chi connectivity index (χ2v) is 3.86. The van der Waals surface area contributed by atoms with Crippen LogP contribution in [0, 0.1) is 0 Å². The zero-order valence-electron chi connectivity index (χ0n) is 9.55. The van der Waals surface area contributed by atoms with Crippen LogP contribution in [-0.4, -0.2) is 46.2 Å². The Morgan fingerprint density at radius 1 is 1.47 bits per heavy atom. The molecule has 1 atom stereocenters. The van der Waals surface area contributed by atoms with Crippen molar-refractivity contribution in [3.8, 4) is 0 Å². The van der Waals surface area contributed by atoms with Crippen LogP contribution in [0.1, 0.15) is 26.2 Å². The van der Waals surface area contributed by atoms with Gasteiger partial charge in [-0.3, -0.25) is 19.3 Å². The third-order valence-electron chi connectivity index (χ3n) is 2.55. The van der Waals surface area contributed by atoms with Gasteiger partial charge in [-0.25, -0.2) is 0 Å². The molecule has 2 amide bonds. The fourth-order valence-electron chi connectivity index (χ4n) is 1.54. The van der Waals surface area contributed by atoms with Crippen molar-refractivity contribution in [3.05, 3.63) is 0 Å². The van der Waals surface area contributed by atoms with Crippen molar-refractivity contribution in [2.75, 3.05) is 6.54 Å². The Morgan fingerprint density at radius 3 is 2.59 bits per heavy atom. The molecule has 1 aliphatic heterocycles. The van der Waals surface area contributed by atoms with E-state index < -0.39 is 23.8 Å². The zero-order valence-corrected chi connectivity index (χ0v) is 9.55. The topological polar surface area (TPSA) is 113 Å². The number of nitrogens with zero attached hydrogens (tertiary/aromatic N) is 2. The molecule has 0 bridgehead atoms. The molecule has 0 saturated heterocycles. The van der Waals surface area contributed by atoms with Crippen molar-refractivity contribution >= 4 is 23.6 Å². The van der Waals surface area contributed by atoms with Gasteiger partial charge in [0.05, 0.1) is 0 Å². The van der Waals surface area contributed by atoms with Crippen LogP contribution in [-0.2, 0) is 14.4 Å².